The van der Waals surface area contributed by atoms with Crippen LogP contribution in [0.5, 0.6) is 0 Å². The van der Waals surface area contributed by atoms with Gasteiger partial charge in [0.05, 0.1) is 5.56 Å². The second-order valence-corrected chi connectivity index (χ2v) is 7.07. The summed E-state index contributed by atoms with van der Waals surface area (Å²) < 4.78 is 7.90. The first-order valence-corrected chi connectivity index (χ1v) is 9.21. The highest BCUT2D eigenvalue weighted by Crippen LogP contribution is 2.24. The van der Waals surface area contributed by atoms with Gasteiger partial charge in [-0.3, -0.25) is 4.79 Å². The van der Waals surface area contributed by atoms with Gasteiger partial charge in [0.15, 0.2) is 5.65 Å². The number of hydrogen-bond donors (Lipinski definition) is 1. The lowest BCUT2D eigenvalue weighted by Gasteiger charge is -2.06. The van der Waals surface area contributed by atoms with Crippen LogP contribution in [0.15, 0.2) is 51.9 Å². The number of fused-ring (bicyclic) bond motifs is 1. The van der Waals surface area contributed by atoms with E-state index in [1.165, 1.54) is 4.40 Å². The highest BCUT2D eigenvalue weighted by molar-refractivity contribution is 5.76. The molecule has 3 aromatic heterocycles. The molecular formula is C20H20N6O3. The van der Waals surface area contributed by atoms with Gasteiger partial charge in [-0.05, 0) is 32.9 Å². The first-order chi connectivity index (χ1) is 13.9. The van der Waals surface area contributed by atoms with Gasteiger partial charge in [0.2, 0.25) is 11.7 Å². The van der Waals surface area contributed by atoms with Crippen LogP contribution in [0.2, 0.25) is 0 Å². The van der Waals surface area contributed by atoms with E-state index in [1.807, 2.05) is 45.0 Å². The Bertz CT molecular complexity index is 1230. The van der Waals surface area contributed by atoms with E-state index in [0.717, 1.165) is 15.8 Å². The van der Waals surface area contributed by atoms with Crippen LogP contribution >= 0.6 is 0 Å². The van der Waals surface area contributed by atoms with Crippen molar-refractivity contribution < 1.29 is 9.32 Å². The second-order valence-electron chi connectivity index (χ2n) is 7.07. The van der Waals surface area contributed by atoms with Crippen molar-refractivity contribution in [3.63, 3.8) is 0 Å². The van der Waals surface area contributed by atoms with Gasteiger partial charge in [-0.2, -0.15) is 4.98 Å². The Kier molecular flexibility index (Phi) is 4.71. The van der Waals surface area contributed by atoms with E-state index in [0.29, 0.717) is 17.0 Å². The van der Waals surface area contributed by atoms with E-state index >= 15 is 0 Å². The number of carbonyl (C=O) groups is 1. The molecule has 0 aliphatic heterocycles. The lowest BCUT2D eigenvalue weighted by atomic mass is 10.1. The smallest absolute Gasteiger partial charge is 0.350 e. The third kappa shape index (κ3) is 3.66. The van der Waals surface area contributed by atoms with Crippen LogP contribution in [-0.4, -0.2) is 36.3 Å². The molecule has 0 bridgehead atoms. The lowest BCUT2D eigenvalue weighted by Crippen LogP contribution is -2.36. The summed E-state index contributed by atoms with van der Waals surface area (Å²) in [6, 6.07) is 11.2. The largest absolute Gasteiger partial charge is 0.352 e. The minimum Gasteiger partial charge on any atom is -0.352 e. The normalized spacial score (nSPS) is 11.3. The molecule has 0 atom stereocenters. The summed E-state index contributed by atoms with van der Waals surface area (Å²) >= 11 is 0. The molecule has 3 heterocycles. The van der Waals surface area contributed by atoms with Gasteiger partial charge in [-0.15, -0.1) is 5.10 Å². The average Bonchev–Trinajstić information content (AvgIpc) is 3.28. The van der Waals surface area contributed by atoms with Gasteiger partial charge in [0.25, 0.3) is 5.89 Å². The van der Waals surface area contributed by atoms with Crippen LogP contribution < -0.4 is 11.0 Å². The highest BCUT2D eigenvalue weighted by Gasteiger charge is 2.18. The summed E-state index contributed by atoms with van der Waals surface area (Å²) in [4.78, 5) is 29.1. The van der Waals surface area contributed by atoms with Gasteiger partial charge >= 0.3 is 5.69 Å². The SMILES string of the molecule is Cc1ccc(-c2noc(-c3cccn4c(=O)n(CC(=O)NC(C)C)nc34)n2)cc1. The standard InChI is InChI=1S/C20H20N6O3/c1-12(2)21-16(27)11-26-20(28)25-10-4-5-15(18(25)23-26)19-22-17(24-29-19)14-8-6-13(3)7-9-14/h4-10,12H,11H2,1-3H3,(H,21,27). The molecular weight excluding hydrogens is 372 g/mol. The molecule has 0 saturated heterocycles. The first kappa shape index (κ1) is 18.6. The summed E-state index contributed by atoms with van der Waals surface area (Å²) in [5, 5.41) is 11.1. The molecule has 4 aromatic rings. The molecule has 29 heavy (non-hydrogen) atoms. The van der Waals surface area contributed by atoms with Crippen LogP contribution in [0.3, 0.4) is 0 Å². The number of pyridine rings is 1. The quantitative estimate of drug-likeness (QED) is 0.557. The molecule has 1 amide bonds. The first-order valence-electron chi connectivity index (χ1n) is 9.21. The van der Waals surface area contributed by atoms with Crippen molar-refractivity contribution in [3.05, 3.63) is 58.6 Å². The Morgan fingerprint density at radius 1 is 1.21 bits per heavy atom. The van der Waals surface area contributed by atoms with Gasteiger partial charge in [0, 0.05) is 17.8 Å². The Hall–Kier alpha value is -3.75. The van der Waals surface area contributed by atoms with E-state index in [-0.39, 0.29) is 24.4 Å². The van der Waals surface area contributed by atoms with E-state index in [4.69, 9.17) is 4.52 Å². The fourth-order valence-corrected chi connectivity index (χ4v) is 2.96. The van der Waals surface area contributed by atoms with Crippen LogP contribution in [-0.2, 0) is 11.3 Å². The van der Waals surface area contributed by atoms with E-state index < -0.39 is 5.69 Å². The van der Waals surface area contributed by atoms with Gasteiger partial charge < -0.3 is 9.84 Å². The molecule has 0 aliphatic carbocycles. The Labute approximate surface area is 166 Å². The minimum absolute atomic E-state index is 0.0237. The predicted octanol–water partition coefficient (Wildman–Crippen LogP) is 2.05. The van der Waals surface area contributed by atoms with Gasteiger partial charge in [-0.1, -0.05) is 35.0 Å². The van der Waals surface area contributed by atoms with Crippen molar-refractivity contribution in [2.75, 3.05) is 0 Å². The van der Waals surface area contributed by atoms with Crippen molar-refractivity contribution in [1.29, 1.82) is 0 Å². The summed E-state index contributed by atoms with van der Waals surface area (Å²) in [6.07, 6.45) is 1.59. The maximum Gasteiger partial charge on any atom is 0.350 e. The molecule has 9 nitrogen and oxygen atoms in total. The highest BCUT2D eigenvalue weighted by atomic mass is 16.5. The second kappa shape index (κ2) is 7.34. The van der Waals surface area contributed by atoms with Crippen molar-refractivity contribution in [1.82, 2.24) is 29.6 Å². The van der Waals surface area contributed by atoms with Gasteiger partial charge in [0.1, 0.15) is 6.54 Å². The zero-order valence-electron chi connectivity index (χ0n) is 16.3. The molecule has 0 saturated carbocycles. The van der Waals surface area contributed by atoms with Crippen molar-refractivity contribution in [2.45, 2.75) is 33.4 Å². The monoisotopic (exact) mass is 392 g/mol. The van der Waals surface area contributed by atoms with Crippen molar-refractivity contribution >= 4 is 11.6 Å². The fourth-order valence-electron chi connectivity index (χ4n) is 2.96. The van der Waals surface area contributed by atoms with Crippen molar-refractivity contribution in [3.8, 4) is 22.8 Å². The lowest BCUT2D eigenvalue weighted by molar-refractivity contribution is -0.122. The summed E-state index contributed by atoms with van der Waals surface area (Å²) in [7, 11) is 0. The number of nitrogens with one attached hydrogen (secondary N) is 1. The zero-order valence-corrected chi connectivity index (χ0v) is 16.3. The molecule has 0 spiro atoms. The summed E-state index contributed by atoms with van der Waals surface area (Å²) in [5.74, 6) is 0.404. The Morgan fingerprint density at radius 3 is 2.69 bits per heavy atom. The third-order valence-corrected chi connectivity index (χ3v) is 4.32. The van der Waals surface area contributed by atoms with Crippen molar-refractivity contribution in [2.24, 2.45) is 0 Å². The summed E-state index contributed by atoms with van der Waals surface area (Å²) in [5.41, 5.74) is 2.39. The molecule has 4 rings (SSSR count). The topological polar surface area (TPSA) is 107 Å². The predicted molar refractivity (Wildman–Crippen MR) is 106 cm³/mol. The third-order valence-electron chi connectivity index (χ3n) is 4.32. The van der Waals surface area contributed by atoms with E-state index in [2.05, 4.69) is 20.6 Å². The van der Waals surface area contributed by atoms with Crippen LogP contribution in [0.1, 0.15) is 19.4 Å². The number of aryl methyl sites for hydroxylation is 1. The molecule has 148 valence electrons. The number of rotatable bonds is 5. The van der Waals surface area contributed by atoms with Crippen LogP contribution in [0.4, 0.5) is 0 Å². The molecule has 0 radical (unpaired) electrons. The molecule has 0 unspecified atom stereocenters. The number of hydrogen-bond acceptors (Lipinski definition) is 6. The number of benzene rings is 1. The van der Waals surface area contributed by atoms with E-state index in [1.54, 1.807) is 18.3 Å². The van der Waals surface area contributed by atoms with Crippen LogP contribution in [0.25, 0.3) is 28.5 Å². The molecule has 0 fully saturated rings. The number of aromatic nitrogens is 5. The molecule has 9 heteroatoms. The molecule has 1 aromatic carbocycles. The molecule has 1 N–H and O–H groups in total. The Balaban J connectivity index is 1.72. The number of amides is 1. The molecule has 0 aliphatic rings. The number of nitrogens with zero attached hydrogens (tertiary/aromatic N) is 5. The maximum atomic E-state index is 12.6. The fraction of sp³-hybridized carbons (Fsp3) is 0.250. The van der Waals surface area contributed by atoms with Crippen LogP contribution in [0, 0.1) is 6.92 Å². The maximum absolute atomic E-state index is 12.6. The number of carbonyl (C=O) groups excluding carboxylic acids is 1. The van der Waals surface area contributed by atoms with Gasteiger partial charge in [-0.25, -0.2) is 13.9 Å². The Morgan fingerprint density at radius 2 is 1.97 bits per heavy atom. The summed E-state index contributed by atoms with van der Waals surface area (Å²) in [6.45, 7) is 5.53. The minimum atomic E-state index is -0.418. The zero-order chi connectivity index (χ0) is 20.5. The van der Waals surface area contributed by atoms with E-state index in [9.17, 15) is 9.59 Å². The average molecular weight is 392 g/mol.